The molecule has 0 aliphatic carbocycles. The van der Waals surface area contributed by atoms with Gasteiger partial charge >= 0.3 is 0 Å². The number of nitro groups is 1. The Morgan fingerprint density at radius 3 is 2.35 bits per heavy atom. The molecule has 1 aromatic carbocycles. The molecule has 17 heavy (non-hydrogen) atoms. The van der Waals surface area contributed by atoms with Gasteiger partial charge in [0.1, 0.15) is 5.69 Å². The summed E-state index contributed by atoms with van der Waals surface area (Å²) in [6.45, 7) is 2.02. The SMILES string of the molecule is CN.Nc1cc(N2CCCC2)ccc1[N+](=O)[O-]. The van der Waals surface area contributed by atoms with Gasteiger partial charge in [-0.1, -0.05) is 0 Å². The summed E-state index contributed by atoms with van der Waals surface area (Å²) in [6, 6.07) is 4.92. The highest BCUT2D eigenvalue weighted by molar-refractivity contribution is 5.66. The van der Waals surface area contributed by atoms with Crippen molar-refractivity contribution in [1.82, 2.24) is 0 Å². The van der Waals surface area contributed by atoms with Crippen molar-refractivity contribution in [3.05, 3.63) is 28.3 Å². The fraction of sp³-hybridized carbons (Fsp3) is 0.455. The molecule has 0 unspecified atom stereocenters. The Labute approximate surface area is 100 Å². The third kappa shape index (κ3) is 3.07. The molecule has 6 heteroatoms. The number of nitro benzene ring substituents is 1. The Bertz CT molecular complexity index is 389. The van der Waals surface area contributed by atoms with Gasteiger partial charge in [-0.15, -0.1) is 0 Å². The van der Waals surface area contributed by atoms with Gasteiger partial charge in [0.25, 0.3) is 5.69 Å². The molecule has 6 nitrogen and oxygen atoms in total. The lowest BCUT2D eigenvalue weighted by Gasteiger charge is -2.17. The zero-order valence-electron chi connectivity index (χ0n) is 9.93. The number of rotatable bonds is 2. The van der Waals surface area contributed by atoms with Crippen molar-refractivity contribution < 1.29 is 4.92 Å². The minimum atomic E-state index is -0.455. The summed E-state index contributed by atoms with van der Waals surface area (Å²) in [6.07, 6.45) is 2.35. The Morgan fingerprint density at radius 2 is 1.88 bits per heavy atom. The number of nitrogen functional groups attached to an aromatic ring is 1. The van der Waals surface area contributed by atoms with Crippen molar-refractivity contribution in [1.29, 1.82) is 0 Å². The number of anilines is 2. The monoisotopic (exact) mass is 238 g/mol. The molecule has 0 amide bonds. The summed E-state index contributed by atoms with van der Waals surface area (Å²) in [5.74, 6) is 0. The molecule has 94 valence electrons. The molecule has 2 rings (SSSR count). The first-order chi connectivity index (χ1) is 8.18. The molecule has 0 bridgehead atoms. The maximum atomic E-state index is 10.6. The van der Waals surface area contributed by atoms with E-state index < -0.39 is 4.92 Å². The molecular formula is C11H18N4O2. The normalized spacial score (nSPS) is 14.1. The molecule has 0 atom stereocenters. The summed E-state index contributed by atoms with van der Waals surface area (Å²) < 4.78 is 0. The van der Waals surface area contributed by atoms with Crippen LogP contribution in [0, 0.1) is 10.1 Å². The van der Waals surface area contributed by atoms with Crippen molar-refractivity contribution in [3.63, 3.8) is 0 Å². The predicted molar refractivity (Wildman–Crippen MR) is 69.1 cm³/mol. The topological polar surface area (TPSA) is 98.4 Å². The van der Waals surface area contributed by atoms with Crippen LogP contribution in [0.2, 0.25) is 0 Å². The Balaban J connectivity index is 0.000000686. The number of hydrogen-bond acceptors (Lipinski definition) is 5. The van der Waals surface area contributed by atoms with E-state index in [1.165, 1.54) is 26.0 Å². The molecule has 1 aliphatic rings. The summed E-state index contributed by atoms with van der Waals surface area (Å²) in [7, 11) is 1.50. The second kappa shape index (κ2) is 6.05. The Kier molecular flexibility index (Phi) is 4.71. The van der Waals surface area contributed by atoms with Gasteiger partial charge in [0.05, 0.1) is 4.92 Å². The molecule has 0 radical (unpaired) electrons. The first kappa shape index (κ1) is 13.2. The van der Waals surface area contributed by atoms with Crippen LogP contribution in [0.15, 0.2) is 18.2 Å². The second-order valence-electron chi connectivity index (χ2n) is 3.69. The van der Waals surface area contributed by atoms with Crippen LogP contribution in [0.1, 0.15) is 12.8 Å². The minimum Gasteiger partial charge on any atom is -0.393 e. The Morgan fingerprint density at radius 1 is 1.29 bits per heavy atom. The van der Waals surface area contributed by atoms with E-state index in [0.29, 0.717) is 0 Å². The van der Waals surface area contributed by atoms with Gasteiger partial charge in [-0.05, 0) is 32.0 Å². The standard InChI is InChI=1S/C10H13N3O2.CH5N/c11-9-7-8(12-5-1-2-6-12)3-4-10(9)13(14)15;1-2/h3-4,7H,1-2,5-6,11H2;2H2,1H3. The van der Waals surface area contributed by atoms with Crippen molar-refractivity contribution in [2.24, 2.45) is 5.73 Å². The minimum absolute atomic E-state index is 0.0158. The number of nitrogens with two attached hydrogens (primary N) is 2. The summed E-state index contributed by atoms with van der Waals surface area (Å²) in [4.78, 5) is 12.3. The smallest absolute Gasteiger partial charge is 0.292 e. The van der Waals surface area contributed by atoms with Crippen LogP contribution < -0.4 is 16.4 Å². The zero-order chi connectivity index (χ0) is 12.8. The highest BCUT2D eigenvalue weighted by Crippen LogP contribution is 2.28. The predicted octanol–water partition coefficient (Wildman–Crippen LogP) is 1.35. The molecular weight excluding hydrogens is 220 g/mol. The van der Waals surface area contributed by atoms with Crippen LogP contribution in [0.3, 0.4) is 0 Å². The van der Waals surface area contributed by atoms with Gasteiger partial charge in [0.2, 0.25) is 0 Å². The molecule has 1 heterocycles. The number of hydrogen-bond donors (Lipinski definition) is 2. The van der Waals surface area contributed by atoms with E-state index in [1.54, 1.807) is 12.1 Å². The van der Waals surface area contributed by atoms with E-state index in [-0.39, 0.29) is 11.4 Å². The largest absolute Gasteiger partial charge is 0.393 e. The van der Waals surface area contributed by atoms with Crippen LogP contribution >= 0.6 is 0 Å². The third-order valence-corrected chi connectivity index (χ3v) is 2.68. The highest BCUT2D eigenvalue weighted by atomic mass is 16.6. The lowest BCUT2D eigenvalue weighted by molar-refractivity contribution is -0.383. The van der Waals surface area contributed by atoms with Gasteiger partial charge in [-0.25, -0.2) is 0 Å². The highest BCUT2D eigenvalue weighted by Gasteiger charge is 2.16. The quantitative estimate of drug-likeness (QED) is 0.460. The van der Waals surface area contributed by atoms with Crippen molar-refractivity contribution in [3.8, 4) is 0 Å². The molecule has 1 fully saturated rings. The fourth-order valence-electron chi connectivity index (χ4n) is 1.88. The first-order valence-corrected chi connectivity index (χ1v) is 5.55. The van der Waals surface area contributed by atoms with Crippen LogP contribution in [0.4, 0.5) is 17.1 Å². The van der Waals surface area contributed by atoms with Gasteiger partial charge in [-0.2, -0.15) is 0 Å². The lowest BCUT2D eigenvalue weighted by Crippen LogP contribution is -2.17. The van der Waals surface area contributed by atoms with E-state index in [1.807, 2.05) is 0 Å². The summed E-state index contributed by atoms with van der Waals surface area (Å²) in [5.41, 5.74) is 11.3. The Hall–Kier alpha value is -1.82. The first-order valence-electron chi connectivity index (χ1n) is 5.55. The molecule has 1 saturated heterocycles. The van der Waals surface area contributed by atoms with Gasteiger partial charge in [0, 0.05) is 24.8 Å². The van der Waals surface area contributed by atoms with Gasteiger partial charge in [0.15, 0.2) is 0 Å². The van der Waals surface area contributed by atoms with E-state index in [2.05, 4.69) is 10.6 Å². The zero-order valence-corrected chi connectivity index (χ0v) is 9.93. The van der Waals surface area contributed by atoms with Crippen molar-refractivity contribution in [2.75, 3.05) is 30.8 Å². The van der Waals surface area contributed by atoms with E-state index in [9.17, 15) is 10.1 Å². The third-order valence-electron chi connectivity index (χ3n) is 2.68. The van der Waals surface area contributed by atoms with Crippen LogP contribution in [-0.4, -0.2) is 25.1 Å². The average Bonchev–Trinajstić information content (AvgIpc) is 2.84. The second-order valence-corrected chi connectivity index (χ2v) is 3.69. The summed E-state index contributed by atoms with van der Waals surface area (Å²) >= 11 is 0. The van der Waals surface area contributed by atoms with Crippen LogP contribution in [-0.2, 0) is 0 Å². The maximum absolute atomic E-state index is 10.6. The van der Waals surface area contributed by atoms with Crippen LogP contribution in [0.25, 0.3) is 0 Å². The fourth-order valence-corrected chi connectivity index (χ4v) is 1.88. The van der Waals surface area contributed by atoms with Crippen molar-refractivity contribution >= 4 is 17.1 Å². The summed E-state index contributed by atoms with van der Waals surface area (Å²) in [5, 5.41) is 10.6. The number of benzene rings is 1. The van der Waals surface area contributed by atoms with E-state index in [4.69, 9.17) is 5.73 Å². The average molecular weight is 238 g/mol. The van der Waals surface area contributed by atoms with Crippen LogP contribution in [0.5, 0.6) is 0 Å². The number of nitrogens with zero attached hydrogens (tertiary/aromatic N) is 2. The maximum Gasteiger partial charge on any atom is 0.292 e. The molecule has 0 spiro atoms. The molecule has 4 N–H and O–H groups in total. The molecule has 0 saturated carbocycles. The molecule has 1 aliphatic heterocycles. The lowest BCUT2D eigenvalue weighted by atomic mass is 10.2. The molecule has 1 aromatic rings. The molecule has 0 aromatic heterocycles. The van der Waals surface area contributed by atoms with E-state index >= 15 is 0 Å². The van der Waals surface area contributed by atoms with Gasteiger partial charge in [-0.3, -0.25) is 10.1 Å². The van der Waals surface area contributed by atoms with E-state index in [0.717, 1.165) is 18.8 Å². The van der Waals surface area contributed by atoms with Gasteiger partial charge < -0.3 is 16.4 Å². The van der Waals surface area contributed by atoms with Crippen molar-refractivity contribution in [2.45, 2.75) is 12.8 Å².